The Morgan fingerprint density at radius 3 is 2.83 bits per heavy atom. The fourth-order valence-corrected chi connectivity index (χ4v) is 2.89. The Morgan fingerprint density at radius 2 is 2.07 bits per heavy atom. The monoisotopic (exact) mass is 404 g/mol. The number of hydrogen-bond acceptors (Lipinski definition) is 6. The third-order valence-electron chi connectivity index (χ3n) is 4.26. The van der Waals surface area contributed by atoms with E-state index in [0.717, 1.165) is 18.6 Å². The molecule has 8 nitrogen and oxygen atoms in total. The van der Waals surface area contributed by atoms with Crippen LogP contribution in [0.5, 0.6) is 0 Å². The second kappa shape index (κ2) is 7.15. The van der Waals surface area contributed by atoms with Crippen molar-refractivity contribution in [2.45, 2.75) is 32.5 Å². The summed E-state index contributed by atoms with van der Waals surface area (Å²) in [5.41, 5.74) is -0.918. The number of rotatable bonds is 5. The summed E-state index contributed by atoms with van der Waals surface area (Å²) in [6.45, 7) is 2.02. The molecule has 4 aromatic rings. The van der Waals surface area contributed by atoms with E-state index in [-0.39, 0.29) is 29.2 Å². The van der Waals surface area contributed by atoms with Gasteiger partial charge in [-0.05, 0) is 24.6 Å². The highest BCUT2D eigenvalue weighted by Crippen LogP contribution is 2.30. The number of aromatic nitrogens is 6. The molecule has 0 amide bonds. The topological polar surface area (TPSA) is 91.6 Å². The standard InChI is InChI=1S/C18H15F3N6O2/c1-2-4-14-24-15(29-25-14)9-26-10-22-16-13(17(26)28)8-23-27(16)12-6-3-5-11(7-12)18(19,20)21/h3,5-8,10H,2,4,9H2,1H3. The fraction of sp³-hybridized carbons (Fsp3) is 0.278. The lowest BCUT2D eigenvalue weighted by molar-refractivity contribution is -0.137. The van der Waals surface area contributed by atoms with Crippen LogP contribution in [0.2, 0.25) is 0 Å². The van der Waals surface area contributed by atoms with Gasteiger partial charge in [0.05, 0.1) is 17.4 Å². The Balaban J connectivity index is 1.70. The predicted octanol–water partition coefficient (Wildman–Crippen LogP) is 2.98. The van der Waals surface area contributed by atoms with Gasteiger partial charge >= 0.3 is 6.18 Å². The highest BCUT2D eigenvalue weighted by atomic mass is 19.4. The second-order valence-corrected chi connectivity index (χ2v) is 6.37. The lowest BCUT2D eigenvalue weighted by Gasteiger charge is -2.09. The summed E-state index contributed by atoms with van der Waals surface area (Å²) in [6.07, 6.45) is -0.404. The molecular weight excluding hydrogens is 389 g/mol. The zero-order valence-corrected chi connectivity index (χ0v) is 15.2. The highest BCUT2D eigenvalue weighted by Gasteiger charge is 2.30. The SMILES string of the molecule is CCCc1noc(Cn2cnc3c(cnn3-c3cccc(C(F)(F)F)c3)c2=O)n1. The van der Waals surface area contributed by atoms with Crippen molar-refractivity contribution in [3.63, 3.8) is 0 Å². The summed E-state index contributed by atoms with van der Waals surface area (Å²) < 4.78 is 46.5. The maximum atomic E-state index is 13.0. The van der Waals surface area contributed by atoms with Crippen molar-refractivity contribution in [1.82, 2.24) is 29.5 Å². The Labute approximate surface area is 161 Å². The first-order chi connectivity index (χ1) is 13.9. The van der Waals surface area contributed by atoms with Crippen LogP contribution in [0.3, 0.4) is 0 Å². The molecule has 11 heteroatoms. The molecule has 3 aromatic heterocycles. The zero-order valence-electron chi connectivity index (χ0n) is 15.2. The molecular formula is C18H15F3N6O2. The van der Waals surface area contributed by atoms with Gasteiger partial charge in [0.2, 0.25) is 5.89 Å². The van der Waals surface area contributed by atoms with Gasteiger partial charge < -0.3 is 4.52 Å². The average molecular weight is 404 g/mol. The van der Waals surface area contributed by atoms with Gasteiger partial charge in [0.15, 0.2) is 11.5 Å². The molecule has 150 valence electrons. The minimum atomic E-state index is -4.49. The molecule has 0 aliphatic rings. The number of alkyl halides is 3. The summed E-state index contributed by atoms with van der Waals surface area (Å²) in [6, 6.07) is 4.65. The summed E-state index contributed by atoms with van der Waals surface area (Å²) >= 11 is 0. The van der Waals surface area contributed by atoms with E-state index in [1.54, 1.807) is 0 Å². The summed E-state index contributed by atoms with van der Waals surface area (Å²) in [5, 5.41) is 8.05. The van der Waals surface area contributed by atoms with Gasteiger partial charge in [0.1, 0.15) is 18.3 Å². The van der Waals surface area contributed by atoms with Crippen LogP contribution >= 0.6 is 0 Å². The lowest BCUT2D eigenvalue weighted by Crippen LogP contribution is -2.21. The van der Waals surface area contributed by atoms with E-state index < -0.39 is 17.3 Å². The minimum Gasteiger partial charge on any atom is -0.337 e. The van der Waals surface area contributed by atoms with Crippen molar-refractivity contribution >= 4 is 11.0 Å². The number of hydrogen-bond donors (Lipinski definition) is 0. The van der Waals surface area contributed by atoms with Crippen LogP contribution in [0, 0.1) is 0 Å². The van der Waals surface area contributed by atoms with E-state index in [4.69, 9.17) is 4.52 Å². The third kappa shape index (κ3) is 3.62. The van der Waals surface area contributed by atoms with Crippen molar-refractivity contribution in [1.29, 1.82) is 0 Å². The fourth-order valence-electron chi connectivity index (χ4n) is 2.89. The van der Waals surface area contributed by atoms with Crippen LogP contribution in [-0.4, -0.2) is 29.5 Å². The van der Waals surface area contributed by atoms with Crippen molar-refractivity contribution < 1.29 is 17.7 Å². The molecule has 0 radical (unpaired) electrons. The van der Waals surface area contributed by atoms with E-state index in [2.05, 4.69) is 20.2 Å². The molecule has 0 N–H and O–H groups in total. The number of fused-ring (bicyclic) bond motifs is 1. The van der Waals surface area contributed by atoms with Crippen molar-refractivity contribution in [3.8, 4) is 5.69 Å². The predicted molar refractivity (Wildman–Crippen MR) is 95.5 cm³/mol. The molecule has 4 rings (SSSR count). The molecule has 29 heavy (non-hydrogen) atoms. The lowest BCUT2D eigenvalue weighted by atomic mass is 10.2. The van der Waals surface area contributed by atoms with Gasteiger partial charge in [0, 0.05) is 6.42 Å². The Morgan fingerprint density at radius 1 is 1.24 bits per heavy atom. The molecule has 0 spiro atoms. The maximum absolute atomic E-state index is 13.0. The van der Waals surface area contributed by atoms with Gasteiger partial charge in [-0.1, -0.05) is 18.1 Å². The van der Waals surface area contributed by atoms with Crippen LogP contribution in [-0.2, 0) is 19.1 Å². The van der Waals surface area contributed by atoms with Gasteiger partial charge in [-0.25, -0.2) is 9.67 Å². The molecule has 0 aliphatic carbocycles. The molecule has 0 fully saturated rings. The minimum absolute atomic E-state index is 0.0349. The quantitative estimate of drug-likeness (QED) is 0.508. The van der Waals surface area contributed by atoms with Crippen molar-refractivity contribution in [3.05, 3.63) is 64.4 Å². The van der Waals surface area contributed by atoms with Gasteiger partial charge in [-0.2, -0.15) is 23.3 Å². The van der Waals surface area contributed by atoms with Gasteiger partial charge in [-0.3, -0.25) is 9.36 Å². The van der Waals surface area contributed by atoms with E-state index >= 15 is 0 Å². The smallest absolute Gasteiger partial charge is 0.337 e. The molecule has 0 saturated carbocycles. The van der Waals surface area contributed by atoms with E-state index in [1.165, 1.54) is 33.9 Å². The number of aryl methyl sites for hydroxylation is 1. The first-order valence-electron chi connectivity index (χ1n) is 8.79. The van der Waals surface area contributed by atoms with Crippen LogP contribution in [0.1, 0.15) is 30.6 Å². The van der Waals surface area contributed by atoms with Crippen LogP contribution < -0.4 is 5.56 Å². The van der Waals surface area contributed by atoms with E-state index in [9.17, 15) is 18.0 Å². The van der Waals surface area contributed by atoms with E-state index in [1.807, 2.05) is 6.92 Å². The Bertz CT molecular complexity index is 1220. The molecule has 0 unspecified atom stereocenters. The maximum Gasteiger partial charge on any atom is 0.416 e. The number of halogens is 3. The molecule has 3 heterocycles. The normalized spacial score (nSPS) is 12.0. The average Bonchev–Trinajstić information content (AvgIpc) is 3.31. The molecule has 0 bridgehead atoms. The Kier molecular flexibility index (Phi) is 4.65. The van der Waals surface area contributed by atoms with Crippen molar-refractivity contribution in [2.24, 2.45) is 0 Å². The largest absolute Gasteiger partial charge is 0.416 e. The highest BCUT2D eigenvalue weighted by molar-refractivity contribution is 5.75. The molecule has 1 aromatic carbocycles. The van der Waals surface area contributed by atoms with Gasteiger partial charge in [-0.15, -0.1) is 0 Å². The van der Waals surface area contributed by atoms with Crippen LogP contribution in [0.25, 0.3) is 16.7 Å². The number of benzene rings is 1. The van der Waals surface area contributed by atoms with Crippen molar-refractivity contribution in [2.75, 3.05) is 0 Å². The first-order valence-corrected chi connectivity index (χ1v) is 8.79. The zero-order chi connectivity index (χ0) is 20.6. The second-order valence-electron chi connectivity index (χ2n) is 6.37. The number of nitrogens with zero attached hydrogens (tertiary/aromatic N) is 6. The summed E-state index contributed by atoms with van der Waals surface area (Å²) in [4.78, 5) is 21.1. The van der Waals surface area contributed by atoms with Gasteiger partial charge in [0.25, 0.3) is 5.56 Å². The first kappa shape index (κ1) is 18.8. The van der Waals surface area contributed by atoms with Crippen LogP contribution in [0.15, 0.2) is 46.1 Å². The summed E-state index contributed by atoms with van der Waals surface area (Å²) in [7, 11) is 0. The summed E-state index contributed by atoms with van der Waals surface area (Å²) in [5.74, 6) is 0.823. The Hall–Kier alpha value is -3.50. The molecule has 0 atom stereocenters. The van der Waals surface area contributed by atoms with Crippen LogP contribution in [0.4, 0.5) is 13.2 Å². The van der Waals surface area contributed by atoms with E-state index in [0.29, 0.717) is 12.2 Å². The molecule has 0 saturated heterocycles. The third-order valence-corrected chi connectivity index (χ3v) is 4.26. The molecule has 0 aliphatic heterocycles.